The molecule has 0 bridgehead atoms. The average molecular weight is 462 g/mol. The summed E-state index contributed by atoms with van der Waals surface area (Å²) >= 11 is 0. The molecular weight excluding hydrogens is 426 g/mol. The third-order valence-corrected chi connectivity index (χ3v) is 7.76. The van der Waals surface area contributed by atoms with Crippen LogP contribution < -0.4 is 5.32 Å². The molecule has 6 nitrogen and oxygen atoms in total. The van der Waals surface area contributed by atoms with Gasteiger partial charge in [0.15, 0.2) is 5.58 Å². The third kappa shape index (κ3) is 4.04. The number of carbonyl (C=O) groups excluding carboxylic acids is 2. The predicted octanol–water partition coefficient (Wildman–Crippen LogP) is 5.49. The van der Waals surface area contributed by atoms with Gasteiger partial charge in [0.05, 0.1) is 12.1 Å². The molecule has 2 amide bonds. The van der Waals surface area contributed by atoms with Crippen LogP contribution in [0.25, 0.3) is 11.1 Å². The minimum Gasteiger partial charge on any atom is -0.460 e. The monoisotopic (exact) mass is 461 g/mol. The van der Waals surface area contributed by atoms with Crippen molar-refractivity contribution in [3.05, 3.63) is 59.0 Å². The van der Waals surface area contributed by atoms with Gasteiger partial charge in [-0.3, -0.25) is 9.59 Å². The highest BCUT2D eigenvalue weighted by molar-refractivity contribution is 6.03. The first kappa shape index (κ1) is 22.8. The van der Waals surface area contributed by atoms with Gasteiger partial charge in [0.1, 0.15) is 17.0 Å². The molecule has 1 atom stereocenters. The molecule has 2 aliphatic rings. The number of furan rings is 1. The maximum atomic E-state index is 13.9. The number of aryl methyl sites for hydroxylation is 2. The molecular formula is C28H35N3O3. The SMILES string of the molecule is Cc1cc2c(cc3n2C[C@](C)(C(=O)NC2CCCCCCC2)N(Cc2ccccc2C)C3=O)o1. The van der Waals surface area contributed by atoms with E-state index in [1.165, 1.54) is 19.3 Å². The fourth-order valence-corrected chi connectivity index (χ4v) is 5.61. The van der Waals surface area contributed by atoms with Gasteiger partial charge in [0, 0.05) is 24.7 Å². The summed E-state index contributed by atoms with van der Waals surface area (Å²) in [6, 6.07) is 12.0. The molecule has 180 valence electrons. The van der Waals surface area contributed by atoms with Gasteiger partial charge in [-0.1, -0.05) is 56.4 Å². The smallest absolute Gasteiger partial charge is 0.271 e. The predicted molar refractivity (Wildman–Crippen MR) is 133 cm³/mol. The van der Waals surface area contributed by atoms with Crippen molar-refractivity contribution in [3.63, 3.8) is 0 Å². The van der Waals surface area contributed by atoms with Gasteiger partial charge in [-0.25, -0.2) is 0 Å². The second-order valence-corrected chi connectivity index (χ2v) is 10.3. The van der Waals surface area contributed by atoms with Gasteiger partial charge in [0.25, 0.3) is 5.91 Å². The summed E-state index contributed by atoms with van der Waals surface area (Å²) in [5.74, 6) is 0.609. The summed E-state index contributed by atoms with van der Waals surface area (Å²) in [4.78, 5) is 29.6. The number of benzene rings is 1. The van der Waals surface area contributed by atoms with E-state index in [2.05, 4.69) is 5.32 Å². The Balaban J connectivity index is 1.52. The molecule has 0 spiro atoms. The lowest BCUT2D eigenvalue weighted by Gasteiger charge is -2.45. The van der Waals surface area contributed by atoms with Crippen molar-refractivity contribution in [3.8, 4) is 0 Å². The van der Waals surface area contributed by atoms with Crippen LogP contribution in [0.5, 0.6) is 0 Å². The minimum atomic E-state index is -1.01. The molecule has 3 heterocycles. The molecule has 5 rings (SSSR count). The Labute approximate surface area is 201 Å². The van der Waals surface area contributed by atoms with Crippen LogP contribution in [-0.2, 0) is 17.9 Å². The van der Waals surface area contributed by atoms with E-state index >= 15 is 0 Å². The Kier molecular flexibility index (Phi) is 6.00. The van der Waals surface area contributed by atoms with Gasteiger partial charge in [-0.15, -0.1) is 0 Å². The first-order chi connectivity index (χ1) is 16.4. The van der Waals surface area contributed by atoms with E-state index in [9.17, 15) is 9.59 Å². The van der Waals surface area contributed by atoms with Gasteiger partial charge in [0.2, 0.25) is 5.91 Å². The van der Waals surface area contributed by atoms with Crippen LogP contribution in [0.2, 0.25) is 0 Å². The van der Waals surface area contributed by atoms with E-state index < -0.39 is 5.54 Å². The summed E-state index contributed by atoms with van der Waals surface area (Å²) in [5, 5.41) is 3.35. The Morgan fingerprint density at radius 3 is 2.53 bits per heavy atom. The van der Waals surface area contributed by atoms with E-state index in [4.69, 9.17) is 4.42 Å². The quantitative estimate of drug-likeness (QED) is 0.558. The fourth-order valence-electron chi connectivity index (χ4n) is 5.61. The van der Waals surface area contributed by atoms with Crippen LogP contribution >= 0.6 is 0 Å². The van der Waals surface area contributed by atoms with Gasteiger partial charge in [-0.2, -0.15) is 0 Å². The summed E-state index contributed by atoms with van der Waals surface area (Å²) in [7, 11) is 0. The van der Waals surface area contributed by atoms with Gasteiger partial charge in [-0.05, 0) is 44.7 Å². The minimum absolute atomic E-state index is 0.0623. The van der Waals surface area contributed by atoms with Crippen LogP contribution in [0.3, 0.4) is 0 Å². The fraction of sp³-hybridized carbons (Fsp3) is 0.500. The molecule has 1 aliphatic heterocycles. The molecule has 0 unspecified atom stereocenters. The highest BCUT2D eigenvalue weighted by atomic mass is 16.3. The molecule has 1 aromatic carbocycles. The molecule has 34 heavy (non-hydrogen) atoms. The zero-order valence-electron chi connectivity index (χ0n) is 20.5. The van der Waals surface area contributed by atoms with Crippen molar-refractivity contribution in [2.75, 3.05) is 0 Å². The molecule has 3 aromatic rings. The maximum absolute atomic E-state index is 13.9. The highest BCUT2D eigenvalue weighted by Gasteiger charge is 2.48. The van der Waals surface area contributed by atoms with Crippen LogP contribution in [-0.4, -0.2) is 32.9 Å². The number of carbonyl (C=O) groups is 2. The van der Waals surface area contributed by atoms with E-state index in [-0.39, 0.29) is 17.9 Å². The van der Waals surface area contributed by atoms with Crippen molar-refractivity contribution in [1.82, 2.24) is 14.8 Å². The highest BCUT2D eigenvalue weighted by Crippen LogP contribution is 2.35. The number of nitrogens with zero attached hydrogens (tertiary/aromatic N) is 2. The molecule has 1 N–H and O–H groups in total. The molecule has 0 saturated heterocycles. The normalized spacial score (nSPS) is 21.9. The van der Waals surface area contributed by atoms with E-state index in [1.54, 1.807) is 4.90 Å². The first-order valence-corrected chi connectivity index (χ1v) is 12.6. The van der Waals surface area contributed by atoms with Crippen molar-refractivity contribution in [1.29, 1.82) is 0 Å². The standard InChI is InChI=1S/C28H35N3O3/c1-19-11-9-10-12-21(19)17-31-26(32)24-16-25-23(15-20(2)34-25)30(24)18-28(31,3)27(33)29-22-13-7-5-4-6-8-14-22/h9-12,15-16,22H,4-8,13-14,17-18H2,1-3H3,(H,29,33)/t28-/m1/s1. The third-order valence-electron chi connectivity index (χ3n) is 7.76. The number of rotatable bonds is 4. The molecule has 1 aliphatic carbocycles. The largest absolute Gasteiger partial charge is 0.460 e. The number of amides is 2. The topological polar surface area (TPSA) is 67.5 Å². The lowest BCUT2D eigenvalue weighted by atomic mass is 9.91. The van der Waals surface area contributed by atoms with Crippen LogP contribution in [0.4, 0.5) is 0 Å². The second kappa shape index (κ2) is 8.97. The maximum Gasteiger partial charge on any atom is 0.271 e. The number of hydrogen-bond donors (Lipinski definition) is 1. The van der Waals surface area contributed by atoms with Crippen LogP contribution in [0.15, 0.2) is 40.8 Å². The Hall–Kier alpha value is -3.02. The molecule has 0 radical (unpaired) electrons. The van der Waals surface area contributed by atoms with Gasteiger partial charge >= 0.3 is 0 Å². The lowest BCUT2D eigenvalue weighted by Crippen LogP contribution is -2.64. The molecule has 6 heteroatoms. The van der Waals surface area contributed by atoms with Crippen molar-refractivity contribution < 1.29 is 14.0 Å². The summed E-state index contributed by atoms with van der Waals surface area (Å²) in [5.41, 5.74) is 3.32. The number of aromatic nitrogens is 1. The lowest BCUT2D eigenvalue weighted by molar-refractivity contribution is -0.134. The summed E-state index contributed by atoms with van der Waals surface area (Å²) in [6.45, 7) is 6.67. The van der Waals surface area contributed by atoms with Crippen molar-refractivity contribution >= 4 is 22.9 Å². The molecule has 1 fully saturated rings. The zero-order valence-corrected chi connectivity index (χ0v) is 20.5. The Morgan fingerprint density at radius 1 is 1.09 bits per heavy atom. The van der Waals surface area contributed by atoms with Gasteiger partial charge < -0.3 is 19.2 Å². The second-order valence-electron chi connectivity index (χ2n) is 10.3. The van der Waals surface area contributed by atoms with Crippen LogP contribution in [0.1, 0.15) is 79.2 Å². The van der Waals surface area contributed by atoms with Crippen LogP contribution in [0, 0.1) is 13.8 Å². The molecule has 2 aromatic heterocycles. The zero-order chi connectivity index (χ0) is 23.9. The number of fused-ring (bicyclic) bond motifs is 3. The Bertz CT molecular complexity index is 1210. The number of nitrogens with one attached hydrogen (secondary N) is 1. The molecule has 1 saturated carbocycles. The average Bonchev–Trinajstić information content (AvgIpc) is 3.30. The van der Waals surface area contributed by atoms with E-state index in [0.717, 1.165) is 48.1 Å². The Morgan fingerprint density at radius 2 is 1.79 bits per heavy atom. The van der Waals surface area contributed by atoms with E-state index in [0.29, 0.717) is 24.4 Å². The first-order valence-electron chi connectivity index (χ1n) is 12.6. The summed E-state index contributed by atoms with van der Waals surface area (Å²) < 4.78 is 7.80. The number of hydrogen-bond acceptors (Lipinski definition) is 3. The van der Waals surface area contributed by atoms with E-state index in [1.807, 2.05) is 61.7 Å². The van der Waals surface area contributed by atoms with Crippen molar-refractivity contribution in [2.24, 2.45) is 0 Å². The summed E-state index contributed by atoms with van der Waals surface area (Å²) in [6.07, 6.45) is 8.04. The van der Waals surface area contributed by atoms with Crippen molar-refractivity contribution in [2.45, 2.75) is 90.4 Å².